The lowest BCUT2D eigenvalue weighted by Crippen LogP contribution is -2.01. The maximum Gasteiger partial charge on any atom is 0.101 e. The Morgan fingerprint density at radius 2 is 1.16 bits per heavy atom. The molecule has 0 saturated heterocycles. The van der Waals surface area contributed by atoms with E-state index in [1.807, 2.05) is 53.8 Å². The van der Waals surface area contributed by atoms with Crippen LogP contribution in [0.3, 0.4) is 0 Å². The summed E-state index contributed by atoms with van der Waals surface area (Å²) in [4.78, 5) is 0. The molecular formula is C45H23N5S. The van der Waals surface area contributed by atoms with E-state index in [1.54, 1.807) is 12.1 Å². The zero-order valence-corrected chi connectivity index (χ0v) is 27.7. The molecule has 0 aliphatic rings. The Labute approximate surface area is 295 Å². The number of nitriles is 3. The van der Waals surface area contributed by atoms with Crippen LogP contribution < -0.4 is 0 Å². The second-order valence-corrected chi connectivity index (χ2v) is 13.7. The maximum absolute atomic E-state index is 10.6. The summed E-state index contributed by atoms with van der Waals surface area (Å²) < 4.78 is 7.00. The molecule has 10 rings (SSSR count). The Hall–Kier alpha value is -7.17. The predicted molar refractivity (Wildman–Crippen MR) is 208 cm³/mol. The summed E-state index contributed by atoms with van der Waals surface area (Å²) in [5.74, 6) is 0. The first kappa shape index (κ1) is 28.8. The van der Waals surface area contributed by atoms with Crippen molar-refractivity contribution in [1.29, 1.82) is 15.8 Å². The van der Waals surface area contributed by atoms with Gasteiger partial charge in [0.25, 0.3) is 0 Å². The summed E-state index contributed by atoms with van der Waals surface area (Å²) in [5.41, 5.74) is 9.22. The molecule has 10 aromatic rings. The smallest absolute Gasteiger partial charge is 0.101 e. The Morgan fingerprint density at radius 1 is 0.471 bits per heavy atom. The average Bonchev–Trinajstić information content (AvgIpc) is 3.84. The maximum atomic E-state index is 10.6. The standard InChI is InChI=1S/C45H23N5S/c46-24-27-13-18-38-36(21-27)37-22-28(25-47)14-19-39(37)50(38)44-30(26-48)7-6-11-32(44)29-15-16-35-41(23-29)49(31-8-2-1-3-9-31)40-20-17-34-33-10-4-5-12-42(33)51-45(34)43(35)40/h1-23H. The molecule has 0 amide bonds. The van der Waals surface area contributed by atoms with Gasteiger partial charge in [0.15, 0.2) is 0 Å². The van der Waals surface area contributed by atoms with Gasteiger partial charge in [-0.15, -0.1) is 11.3 Å². The van der Waals surface area contributed by atoms with Crippen LogP contribution in [0, 0.1) is 34.0 Å². The molecule has 0 aliphatic carbocycles. The van der Waals surface area contributed by atoms with Gasteiger partial charge in [-0.1, -0.05) is 66.7 Å². The lowest BCUT2D eigenvalue weighted by atomic mass is 9.98. The predicted octanol–water partition coefficient (Wildman–Crippen LogP) is 11.5. The molecule has 3 heterocycles. The summed E-state index contributed by atoms with van der Waals surface area (Å²) in [6.07, 6.45) is 0. The number of nitrogens with zero attached hydrogens (tertiary/aromatic N) is 5. The lowest BCUT2D eigenvalue weighted by molar-refractivity contribution is 1.17. The summed E-state index contributed by atoms with van der Waals surface area (Å²) in [5, 5.41) is 36.7. The Morgan fingerprint density at radius 3 is 1.88 bits per heavy atom. The fourth-order valence-electron chi connectivity index (χ4n) is 7.82. The summed E-state index contributed by atoms with van der Waals surface area (Å²) in [7, 11) is 0. The Bertz CT molecular complexity index is 3160. The van der Waals surface area contributed by atoms with Crippen LogP contribution in [0.15, 0.2) is 140 Å². The first-order valence-electron chi connectivity index (χ1n) is 16.5. The van der Waals surface area contributed by atoms with E-state index < -0.39 is 0 Å². The third-order valence-corrected chi connectivity index (χ3v) is 11.2. The van der Waals surface area contributed by atoms with Gasteiger partial charge in [-0.25, -0.2) is 0 Å². The minimum atomic E-state index is 0.524. The quantitative estimate of drug-likeness (QED) is 0.188. The molecule has 0 atom stereocenters. The minimum Gasteiger partial charge on any atom is -0.309 e. The van der Waals surface area contributed by atoms with Crippen LogP contribution >= 0.6 is 11.3 Å². The molecular weight excluding hydrogens is 643 g/mol. The molecule has 7 aromatic carbocycles. The first-order chi connectivity index (χ1) is 25.2. The van der Waals surface area contributed by atoms with Gasteiger partial charge in [-0.2, -0.15) is 15.8 Å². The second kappa shape index (κ2) is 10.9. The molecule has 0 aliphatic heterocycles. The Balaban J connectivity index is 1.31. The summed E-state index contributed by atoms with van der Waals surface area (Å²) in [6, 6.07) is 54.2. The SMILES string of the molecule is N#Cc1ccc2c(c1)c1cc(C#N)ccc1n2-c1c(C#N)cccc1-c1ccc2c3c4sc5ccccc5c4ccc3n(-c3ccccc3)c2c1. The van der Waals surface area contributed by atoms with Crippen molar-refractivity contribution in [3.63, 3.8) is 0 Å². The van der Waals surface area contributed by atoms with Crippen LogP contribution in [-0.4, -0.2) is 9.13 Å². The van der Waals surface area contributed by atoms with E-state index in [9.17, 15) is 15.8 Å². The van der Waals surface area contributed by atoms with E-state index in [1.165, 1.54) is 25.6 Å². The highest BCUT2D eigenvalue weighted by atomic mass is 32.1. The fraction of sp³-hybridized carbons (Fsp3) is 0. The Kier molecular flexibility index (Phi) is 6.17. The van der Waals surface area contributed by atoms with Gasteiger partial charge in [0.2, 0.25) is 0 Å². The van der Waals surface area contributed by atoms with E-state index in [0.717, 1.165) is 60.7 Å². The van der Waals surface area contributed by atoms with Crippen LogP contribution in [0.1, 0.15) is 16.7 Å². The van der Waals surface area contributed by atoms with Crippen LogP contribution in [-0.2, 0) is 0 Å². The van der Waals surface area contributed by atoms with Crippen LogP contribution in [0.4, 0.5) is 0 Å². The molecule has 5 nitrogen and oxygen atoms in total. The van der Waals surface area contributed by atoms with Gasteiger partial charge in [0.05, 0.1) is 56.6 Å². The number of para-hydroxylation sites is 2. The molecule has 0 spiro atoms. The van der Waals surface area contributed by atoms with Crippen molar-refractivity contribution >= 4 is 75.1 Å². The van der Waals surface area contributed by atoms with E-state index in [2.05, 4.69) is 112 Å². The molecule has 234 valence electrons. The van der Waals surface area contributed by atoms with Crippen LogP contribution in [0.5, 0.6) is 0 Å². The zero-order valence-electron chi connectivity index (χ0n) is 26.9. The number of hydrogen-bond acceptors (Lipinski definition) is 4. The van der Waals surface area contributed by atoms with Crippen molar-refractivity contribution in [3.8, 4) is 40.7 Å². The molecule has 0 fully saturated rings. The van der Waals surface area contributed by atoms with Crippen LogP contribution in [0.25, 0.3) is 86.3 Å². The molecule has 0 N–H and O–H groups in total. The lowest BCUT2D eigenvalue weighted by Gasteiger charge is -2.16. The molecule has 0 radical (unpaired) electrons. The normalized spacial score (nSPS) is 11.5. The fourth-order valence-corrected chi connectivity index (χ4v) is 9.08. The summed E-state index contributed by atoms with van der Waals surface area (Å²) >= 11 is 1.84. The highest BCUT2D eigenvalue weighted by Gasteiger charge is 2.22. The van der Waals surface area contributed by atoms with Crippen molar-refractivity contribution in [2.24, 2.45) is 0 Å². The number of aromatic nitrogens is 2. The second-order valence-electron chi connectivity index (χ2n) is 12.7. The van der Waals surface area contributed by atoms with Crippen molar-refractivity contribution in [3.05, 3.63) is 156 Å². The van der Waals surface area contributed by atoms with Gasteiger partial charge < -0.3 is 9.13 Å². The van der Waals surface area contributed by atoms with Gasteiger partial charge >= 0.3 is 0 Å². The van der Waals surface area contributed by atoms with Crippen molar-refractivity contribution in [1.82, 2.24) is 9.13 Å². The van der Waals surface area contributed by atoms with Gasteiger partial charge in [-0.05, 0) is 78.4 Å². The van der Waals surface area contributed by atoms with E-state index in [-0.39, 0.29) is 0 Å². The van der Waals surface area contributed by atoms with Gasteiger partial charge in [0, 0.05) is 53.0 Å². The number of rotatable bonds is 3. The summed E-state index contributed by atoms with van der Waals surface area (Å²) in [6.45, 7) is 0. The van der Waals surface area contributed by atoms with Crippen molar-refractivity contribution in [2.45, 2.75) is 0 Å². The molecule has 0 unspecified atom stereocenters. The van der Waals surface area contributed by atoms with Crippen molar-refractivity contribution < 1.29 is 0 Å². The van der Waals surface area contributed by atoms with Gasteiger partial charge in [-0.3, -0.25) is 0 Å². The number of fused-ring (bicyclic) bond motifs is 10. The number of benzene rings is 7. The third kappa shape index (κ3) is 4.11. The van der Waals surface area contributed by atoms with Gasteiger partial charge in [0.1, 0.15) is 6.07 Å². The largest absolute Gasteiger partial charge is 0.309 e. The van der Waals surface area contributed by atoms with E-state index in [0.29, 0.717) is 16.7 Å². The van der Waals surface area contributed by atoms with E-state index >= 15 is 0 Å². The molecule has 3 aromatic heterocycles. The third-order valence-electron chi connectivity index (χ3n) is 10.0. The van der Waals surface area contributed by atoms with E-state index in [4.69, 9.17) is 0 Å². The topological polar surface area (TPSA) is 81.2 Å². The highest BCUT2D eigenvalue weighted by molar-refractivity contribution is 7.26. The minimum absolute atomic E-state index is 0.524. The first-order valence-corrected chi connectivity index (χ1v) is 17.3. The molecule has 0 saturated carbocycles. The molecule has 0 bridgehead atoms. The number of hydrogen-bond donors (Lipinski definition) is 0. The monoisotopic (exact) mass is 665 g/mol. The van der Waals surface area contributed by atoms with Crippen molar-refractivity contribution in [2.75, 3.05) is 0 Å². The average molecular weight is 666 g/mol. The molecule has 51 heavy (non-hydrogen) atoms. The van der Waals surface area contributed by atoms with Crippen LogP contribution in [0.2, 0.25) is 0 Å². The highest BCUT2D eigenvalue weighted by Crippen LogP contribution is 2.45. The number of thiophene rings is 1. The molecule has 6 heteroatoms. The zero-order chi connectivity index (χ0) is 34.2.